The number of esters is 1. The molecule has 0 aliphatic carbocycles. The smallest absolute Gasteiger partial charge is 0.305 e. The van der Waals surface area contributed by atoms with Crippen molar-refractivity contribution in [1.29, 1.82) is 0 Å². The van der Waals surface area contributed by atoms with E-state index in [9.17, 15) is 4.79 Å². The first-order valence-corrected chi connectivity index (χ1v) is 14.1. The van der Waals surface area contributed by atoms with Crippen LogP contribution in [0.1, 0.15) is 136 Å². The molecule has 0 N–H and O–H groups in total. The van der Waals surface area contributed by atoms with Gasteiger partial charge in [-0.2, -0.15) is 0 Å². The number of carbonyl (C=O) groups excluding carboxylic acids is 1. The molecule has 0 radical (unpaired) electrons. The van der Waals surface area contributed by atoms with Gasteiger partial charge in [0.05, 0.1) is 6.61 Å². The highest BCUT2D eigenvalue weighted by Gasteiger charge is 2.01. The minimum atomic E-state index is -0.0366. The Kier molecular flexibility index (Phi) is 27.1. The van der Waals surface area contributed by atoms with Crippen molar-refractivity contribution >= 4 is 5.97 Å². The third-order valence-corrected chi connectivity index (χ3v) is 5.72. The maximum atomic E-state index is 11.8. The Labute approximate surface area is 206 Å². The third kappa shape index (κ3) is 28.4. The number of carbonyl (C=O) groups is 1. The van der Waals surface area contributed by atoms with Crippen LogP contribution in [-0.2, 0) is 9.53 Å². The number of ether oxygens (including phenoxy) is 1. The highest BCUT2D eigenvalue weighted by molar-refractivity contribution is 5.69. The summed E-state index contributed by atoms with van der Waals surface area (Å²) in [5.74, 6) is -0.0366. The van der Waals surface area contributed by atoms with Crippen molar-refractivity contribution in [1.82, 2.24) is 0 Å². The lowest BCUT2D eigenvalue weighted by Crippen LogP contribution is -2.05. The molecule has 0 aliphatic rings. The Morgan fingerprint density at radius 2 is 0.939 bits per heavy atom. The second-order valence-electron chi connectivity index (χ2n) is 9.03. The molecule has 0 fully saturated rings. The summed E-state index contributed by atoms with van der Waals surface area (Å²) in [6.45, 7) is 5.10. The molecule has 190 valence electrons. The van der Waals surface area contributed by atoms with Crippen LogP contribution >= 0.6 is 0 Å². The lowest BCUT2D eigenvalue weighted by molar-refractivity contribution is -0.143. The van der Waals surface area contributed by atoms with Crippen LogP contribution in [0, 0.1) is 0 Å². The Hall–Kier alpha value is -1.57. The summed E-state index contributed by atoms with van der Waals surface area (Å²) in [6.07, 6.45) is 40.0. The lowest BCUT2D eigenvalue weighted by atomic mass is 10.1. The van der Waals surface area contributed by atoms with Gasteiger partial charge in [0.1, 0.15) is 0 Å². The zero-order valence-corrected chi connectivity index (χ0v) is 22.1. The van der Waals surface area contributed by atoms with Gasteiger partial charge >= 0.3 is 5.97 Å². The van der Waals surface area contributed by atoms with Gasteiger partial charge in [-0.1, -0.05) is 127 Å². The van der Waals surface area contributed by atoms with Gasteiger partial charge in [0.25, 0.3) is 0 Å². The maximum absolute atomic E-state index is 11.8. The quantitative estimate of drug-likeness (QED) is 0.0816. The number of hydrogen-bond acceptors (Lipinski definition) is 2. The van der Waals surface area contributed by atoms with Crippen molar-refractivity contribution in [2.45, 2.75) is 136 Å². The van der Waals surface area contributed by atoms with Crippen molar-refractivity contribution in [2.75, 3.05) is 6.61 Å². The predicted molar refractivity (Wildman–Crippen MR) is 147 cm³/mol. The van der Waals surface area contributed by atoms with E-state index in [4.69, 9.17) is 4.74 Å². The topological polar surface area (TPSA) is 26.3 Å². The van der Waals surface area contributed by atoms with Crippen molar-refractivity contribution in [2.24, 2.45) is 0 Å². The fourth-order valence-corrected chi connectivity index (χ4v) is 3.60. The minimum Gasteiger partial charge on any atom is -0.466 e. The molecule has 0 rings (SSSR count). The molecule has 2 nitrogen and oxygen atoms in total. The Bertz CT molecular complexity index is 513. The maximum Gasteiger partial charge on any atom is 0.305 e. The summed E-state index contributed by atoms with van der Waals surface area (Å²) >= 11 is 0. The summed E-state index contributed by atoms with van der Waals surface area (Å²) in [7, 11) is 0. The number of rotatable bonds is 24. The number of allylic oxidation sites excluding steroid dienone is 8. The van der Waals surface area contributed by atoms with Crippen molar-refractivity contribution in [3.63, 3.8) is 0 Å². The van der Waals surface area contributed by atoms with Gasteiger partial charge in [0.2, 0.25) is 0 Å². The zero-order valence-electron chi connectivity index (χ0n) is 22.1. The molecular weight excluding hydrogens is 404 g/mol. The van der Waals surface area contributed by atoms with Crippen molar-refractivity contribution < 1.29 is 9.53 Å². The van der Waals surface area contributed by atoms with E-state index in [-0.39, 0.29) is 5.97 Å². The van der Waals surface area contributed by atoms with Gasteiger partial charge in [-0.15, -0.1) is 0 Å². The van der Waals surface area contributed by atoms with E-state index >= 15 is 0 Å². The molecule has 0 aromatic carbocycles. The van der Waals surface area contributed by atoms with Gasteiger partial charge < -0.3 is 4.74 Å². The lowest BCUT2D eigenvalue weighted by Gasteiger charge is -2.04. The summed E-state index contributed by atoms with van der Waals surface area (Å²) in [4.78, 5) is 11.8. The molecule has 0 spiro atoms. The van der Waals surface area contributed by atoms with E-state index in [0.717, 1.165) is 38.5 Å². The van der Waals surface area contributed by atoms with Crippen LogP contribution in [0.25, 0.3) is 0 Å². The van der Waals surface area contributed by atoms with Crippen molar-refractivity contribution in [3.05, 3.63) is 48.6 Å². The van der Waals surface area contributed by atoms with E-state index in [1.165, 1.54) is 77.0 Å². The summed E-state index contributed by atoms with van der Waals surface area (Å²) in [5.41, 5.74) is 0. The summed E-state index contributed by atoms with van der Waals surface area (Å²) in [6, 6.07) is 0. The van der Waals surface area contributed by atoms with Crippen LogP contribution in [-0.4, -0.2) is 12.6 Å². The molecule has 0 aliphatic heterocycles. The normalized spacial score (nSPS) is 12.2. The molecular formula is C31H54O2. The summed E-state index contributed by atoms with van der Waals surface area (Å²) in [5, 5.41) is 0. The standard InChI is InChI=1S/C31H54O2/c1-3-5-7-9-11-13-14-15-16-17-18-19-20-21-23-25-27-29-31(32)33-30-28-26-24-22-12-10-8-6-4-2/h11,13,15-16,18-19,21,23H,3-10,12,14,17,20,22,24-30H2,1-2H3/b13-11-,16-15-,19-18-,23-21-. The summed E-state index contributed by atoms with van der Waals surface area (Å²) < 4.78 is 5.35. The molecule has 0 amide bonds. The molecule has 0 bridgehead atoms. The van der Waals surface area contributed by atoms with E-state index in [0.29, 0.717) is 13.0 Å². The predicted octanol–water partition coefficient (Wildman–Crippen LogP) is 10.2. The van der Waals surface area contributed by atoms with E-state index in [2.05, 4.69) is 62.5 Å². The first kappa shape index (κ1) is 31.4. The first-order chi connectivity index (χ1) is 16.3. The van der Waals surface area contributed by atoms with Gasteiger partial charge in [0, 0.05) is 6.42 Å². The number of unbranched alkanes of at least 4 members (excludes halogenated alkanes) is 12. The molecule has 0 aromatic heterocycles. The minimum absolute atomic E-state index is 0.0366. The van der Waals surface area contributed by atoms with Crippen LogP contribution in [0.2, 0.25) is 0 Å². The van der Waals surface area contributed by atoms with Crippen LogP contribution in [0.5, 0.6) is 0 Å². The fraction of sp³-hybridized carbons (Fsp3) is 0.710. The molecule has 0 saturated heterocycles. The molecule has 0 aromatic rings. The van der Waals surface area contributed by atoms with E-state index in [1.54, 1.807) is 0 Å². The van der Waals surface area contributed by atoms with Crippen molar-refractivity contribution in [3.8, 4) is 0 Å². The van der Waals surface area contributed by atoms with Crippen LogP contribution in [0.15, 0.2) is 48.6 Å². The molecule has 0 saturated carbocycles. The van der Waals surface area contributed by atoms with Gasteiger partial charge in [-0.05, 0) is 51.4 Å². The Morgan fingerprint density at radius 3 is 1.48 bits per heavy atom. The first-order valence-electron chi connectivity index (χ1n) is 14.1. The average molecular weight is 459 g/mol. The highest BCUT2D eigenvalue weighted by atomic mass is 16.5. The SMILES string of the molecule is CCCCC/C=C\C/C=C\C/C=C\C/C=C\CCCC(=O)OCCCCCCCCCCC. The second kappa shape index (κ2) is 28.5. The number of hydrogen-bond donors (Lipinski definition) is 0. The van der Waals surface area contributed by atoms with Gasteiger partial charge in [0.15, 0.2) is 0 Å². The zero-order chi connectivity index (χ0) is 24.1. The fourth-order valence-electron chi connectivity index (χ4n) is 3.60. The molecule has 0 unspecified atom stereocenters. The van der Waals surface area contributed by atoms with Crippen LogP contribution in [0.3, 0.4) is 0 Å². The molecule has 0 atom stereocenters. The molecule has 2 heteroatoms. The van der Waals surface area contributed by atoms with E-state index < -0.39 is 0 Å². The van der Waals surface area contributed by atoms with Gasteiger partial charge in [-0.3, -0.25) is 4.79 Å². The molecule has 0 heterocycles. The largest absolute Gasteiger partial charge is 0.466 e. The average Bonchev–Trinajstić information content (AvgIpc) is 2.82. The second-order valence-corrected chi connectivity index (χ2v) is 9.03. The monoisotopic (exact) mass is 458 g/mol. The van der Waals surface area contributed by atoms with Crippen LogP contribution < -0.4 is 0 Å². The van der Waals surface area contributed by atoms with Crippen LogP contribution in [0.4, 0.5) is 0 Å². The Morgan fingerprint density at radius 1 is 0.515 bits per heavy atom. The third-order valence-electron chi connectivity index (χ3n) is 5.72. The highest BCUT2D eigenvalue weighted by Crippen LogP contribution is 2.10. The van der Waals surface area contributed by atoms with Gasteiger partial charge in [-0.25, -0.2) is 0 Å². The van der Waals surface area contributed by atoms with E-state index in [1.807, 2.05) is 0 Å². The molecule has 33 heavy (non-hydrogen) atoms. The Balaban J connectivity index is 3.40.